The van der Waals surface area contributed by atoms with Crippen LogP contribution in [0.3, 0.4) is 0 Å². The summed E-state index contributed by atoms with van der Waals surface area (Å²) in [5.41, 5.74) is 0. The Labute approximate surface area is 82.5 Å². The second-order valence-corrected chi connectivity index (χ2v) is 0.983. The topological polar surface area (TPSA) is 80.3 Å². The number of rotatable bonds is 0. The molecular formula is C4H6AlO4Zn+3. The molecule has 0 amide bonds. The molecule has 0 bridgehead atoms. The van der Waals surface area contributed by atoms with Crippen LogP contribution in [-0.2, 0) is 29.1 Å². The molecule has 0 aliphatic carbocycles. The van der Waals surface area contributed by atoms with Crippen molar-refractivity contribution in [2.45, 2.75) is 13.8 Å². The third kappa shape index (κ3) is 44400. The van der Waals surface area contributed by atoms with Crippen LogP contribution in [0.4, 0.5) is 0 Å². The summed E-state index contributed by atoms with van der Waals surface area (Å²) >= 11 is 0. The number of carboxylic acids is 2. The fourth-order valence-corrected chi connectivity index (χ4v) is 0. The van der Waals surface area contributed by atoms with E-state index >= 15 is 0 Å². The maximum atomic E-state index is 8.89. The largest absolute Gasteiger partial charge is 3.00 e. The molecule has 0 radical (unpaired) electrons. The molecule has 0 unspecified atom stereocenters. The zero-order valence-electron chi connectivity index (χ0n) is 5.92. The Balaban J connectivity index is -0.0000000300. The van der Waals surface area contributed by atoms with Gasteiger partial charge in [0.05, 0.1) is 0 Å². The van der Waals surface area contributed by atoms with E-state index < -0.39 is 11.9 Å². The number of carbonyl (C=O) groups excluding carboxylic acids is 2. The van der Waals surface area contributed by atoms with E-state index in [1.165, 1.54) is 0 Å². The molecule has 4 nitrogen and oxygen atoms in total. The second kappa shape index (κ2) is 16.0. The molecule has 0 N–H and O–H groups in total. The molecule has 0 aromatic carbocycles. The molecule has 48 valence electrons. The average Bonchev–Trinajstić information content (AvgIpc) is 1.25. The minimum Gasteiger partial charge on any atom is -0.550 e. The maximum Gasteiger partial charge on any atom is 3.00 e. The summed E-state index contributed by atoms with van der Waals surface area (Å²) in [6.07, 6.45) is 0. The molecule has 0 aromatic rings. The Morgan fingerprint density at radius 1 is 1.00 bits per heavy atom. The third-order valence-corrected chi connectivity index (χ3v) is 0. The van der Waals surface area contributed by atoms with Gasteiger partial charge < -0.3 is 19.8 Å². The Kier molecular flexibility index (Phi) is 36.1. The Morgan fingerprint density at radius 2 is 1.00 bits per heavy atom. The number of carboxylic acid groups (broad SMARTS) is 2. The molecule has 0 rings (SSSR count). The number of hydrogen-bond donors (Lipinski definition) is 0. The van der Waals surface area contributed by atoms with Crippen molar-refractivity contribution in [2.24, 2.45) is 0 Å². The monoisotopic (exact) mass is 209 g/mol. The quantitative estimate of drug-likeness (QED) is 0.403. The summed E-state index contributed by atoms with van der Waals surface area (Å²) in [5, 5.41) is 17.8. The van der Waals surface area contributed by atoms with Gasteiger partial charge in [-0.2, -0.15) is 0 Å². The van der Waals surface area contributed by atoms with Gasteiger partial charge in [-0.15, -0.1) is 0 Å². The van der Waals surface area contributed by atoms with Crippen molar-refractivity contribution in [3.63, 3.8) is 0 Å². The van der Waals surface area contributed by atoms with E-state index in [0.717, 1.165) is 13.8 Å². The van der Waals surface area contributed by atoms with Crippen molar-refractivity contribution in [3.8, 4) is 0 Å². The SMILES string of the molecule is CC(=O)[O-].CC(=O)[O-].[Al+3].[Zn+2]. The van der Waals surface area contributed by atoms with Crippen LogP contribution in [0.5, 0.6) is 0 Å². The van der Waals surface area contributed by atoms with Gasteiger partial charge in [-0.25, -0.2) is 0 Å². The summed E-state index contributed by atoms with van der Waals surface area (Å²) in [7, 11) is 0. The second-order valence-electron chi connectivity index (χ2n) is 0.983. The molecular weight excluding hydrogens is 204 g/mol. The minimum absolute atomic E-state index is 0. The van der Waals surface area contributed by atoms with Crippen LogP contribution in [0, 0.1) is 0 Å². The minimum atomic E-state index is -1.08. The molecule has 0 saturated carbocycles. The molecule has 0 saturated heterocycles. The summed E-state index contributed by atoms with van der Waals surface area (Å²) < 4.78 is 0. The van der Waals surface area contributed by atoms with Gasteiger partial charge in [0.1, 0.15) is 0 Å². The van der Waals surface area contributed by atoms with E-state index in [1.54, 1.807) is 0 Å². The molecule has 0 aliphatic rings. The van der Waals surface area contributed by atoms with Crippen LogP contribution in [0.1, 0.15) is 13.8 Å². The molecule has 0 atom stereocenters. The van der Waals surface area contributed by atoms with Crippen LogP contribution in [0.2, 0.25) is 0 Å². The first-order valence-electron chi connectivity index (χ1n) is 1.82. The Bertz CT molecular complexity index is 75.3. The molecule has 0 aliphatic heterocycles. The standard InChI is InChI=1S/2C2H4O2.Al.Zn/c2*1-2(3)4;;/h2*1H3,(H,3,4);;/q;;+3;+2/p-2. The summed E-state index contributed by atoms with van der Waals surface area (Å²) in [4.78, 5) is 17.8. The molecule has 0 spiro atoms. The normalized spacial score (nSPS) is 5.00. The fraction of sp³-hybridized carbons (Fsp3) is 0.500. The molecule has 0 heterocycles. The van der Waals surface area contributed by atoms with E-state index in [0.29, 0.717) is 0 Å². The van der Waals surface area contributed by atoms with Crippen LogP contribution < -0.4 is 10.2 Å². The van der Waals surface area contributed by atoms with Crippen LogP contribution in [-0.4, -0.2) is 29.3 Å². The number of aliphatic carboxylic acids is 2. The molecule has 6 heteroatoms. The zero-order chi connectivity index (χ0) is 7.15. The molecule has 10 heavy (non-hydrogen) atoms. The van der Waals surface area contributed by atoms with Crippen LogP contribution in [0.15, 0.2) is 0 Å². The predicted molar refractivity (Wildman–Crippen MR) is 27.1 cm³/mol. The van der Waals surface area contributed by atoms with Crippen molar-refractivity contribution in [1.29, 1.82) is 0 Å². The summed E-state index contributed by atoms with van der Waals surface area (Å²) in [6, 6.07) is 0. The van der Waals surface area contributed by atoms with Gasteiger partial charge in [-0.1, -0.05) is 0 Å². The summed E-state index contributed by atoms with van der Waals surface area (Å²) in [6.45, 7) is 1.94. The first-order valence-corrected chi connectivity index (χ1v) is 1.82. The first-order chi connectivity index (χ1) is 3.46. The average molecular weight is 210 g/mol. The van der Waals surface area contributed by atoms with Crippen molar-refractivity contribution in [2.75, 3.05) is 0 Å². The van der Waals surface area contributed by atoms with Crippen molar-refractivity contribution >= 4 is 29.3 Å². The third-order valence-electron chi connectivity index (χ3n) is 0. The van der Waals surface area contributed by atoms with Crippen molar-refractivity contribution in [1.82, 2.24) is 0 Å². The van der Waals surface area contributed by atoms with Gasteiger partial charge in [-0.05, 0) is 13.8 Å². The molecule has 0 fully saturated rings. The first kappa shape index (κ1) is 22.5. The van der Waals surface area contributed by atoms with E-state index in [2.05, 4.69) is 0 Å². The number of hydrogen-bond acceptors (Lipinski definition) is 4. The summed E-state index contributed by atoms with van der Waals surface area (Å²) in [5.74, 6) is -2.17. The van der Waals surface area contributed by atoms with E-state index in [-0.39, 0.29) is 36.8 Å². The van der Waals surface area contributed by atoms with Gasteiger partial charge in [0, 0.05) is 11.9 Å². The van der Waals surface area contributed by atoms with Crippen LogP contribution in [0.25, 0.3) is 0 Å². The van der Waals surface area contributed by atoms with E-state index in [9.17, 15) is 0 Å². The Morgan fingerprint density at radius 3 is 1.00 bits per heavy atom. The Hall–Kier alpha value is 0.0958. The number of carbonyl (C=O) groups is 2. The fourth-order valence-electron chi connectivity index (χ4n) is 0. The van der Waals surface area contributed by atoms with E-state index in [4.69, 9.17) is 19.8 Å². The van der Waals surface area contributed by atoms with Crippen molar-refractivity contribution < 1.29 is 39.3 Å². The maximum absolute atomic E-state index is 8.89. The van der Waals surface area contributed by atoms with Crippen LogP contribution >= 0.6 is 0 Å². The van der Waals surface area contributed by atoms with Gasteiger partial charge in [0.15, 0.2) is 0 Å². The van der Waals surface area contributed by atoms with Gasteiger partial charge in [0.25, 0.3) is 0 Å². The molecule has 0 aromatic heterocycles. The predicted octanol–water partition coefficient (Wildman–Crippen LogP) is -2.87. The van der Waals surface area contributed by atoms with Gasteiger partial charge in [-0.3, -0.25) is 0 Å². The van der Waals surface area contributed by atoms with E-state index in [1.807, 2.05) is 0 Å². The van der Waals surface area contributed by atoms with Gasteiger partial charge in [0.2, 0.25) is 0 Å². The van der Waals surface area contributed by atoms with Gasteiger partial charge >= 0.3 is 36.8 Å². The van der Waals surface area contributed by atoms with Crippen molar-refractivity contribution in [3.05, 3.63) is 0 Å². The zero-order valence-corrected chi connectivity index (χ0v) is 10.0. The smallest absolute Gasteiger partial charge is 0.550 e.